The number of benzene rings is 2. The summed E-state index contributed by atoms with van der Waals surface area (Å²) in [4.78, 5) is 18.4. The van der Waals surface area contributed by atoms with Crippen LogP contribution in [0.25, 0.3) is 0 Å². The van der Waals surface area contributed by atoms with Crippen LogP contribution in [0.2, 0.25) is 10.0 Å². The Bertz CT molecular complexity index is 914. The van der Waals surface area contributed by atoms with Crippen molar-refractivity contribution >= 4 is 40.4 Å². The maximum absolute atomic E-state index is 12.5. The smallest absolute Gasteiger partial charge is 0.273 e. The average molecular weight is 437 g/mol. The van der Waals surface area contributed by atoms with Crippen LogP contribution in [0, 0.1) is 0 Å². The molecule has 3 aromatic rings. The fourth-order valence-corrected chi connectivity index (χ4v) is 3.21. The van der Waals surface area contributed by atoms with Gasteiger partial charge in [0.25, 0.3) is 5.91 Å². The number of rotatable bonds is 8. The number of ether oxygens (including phenoxy) is 2. The van der Waals surface area contributed by atoms with Crippen molar-refractivity contribution in [1.29, 1.82) is 0 Å². The first-order chi connectivity index (χ1) is 13.5. The summed E-state index contributed by atoms with van der Waals surface area (Å²) in [5, 5.41) is 3.76. The first kappa shape index (κ1) is 20.5. The van der Waals surface area contributed by atoms with Crippen molar-refractivity contribution in [2.24, 2.45) is 0 Å². The van der Waals surface area contributed by atoms with Crippen LogP contribution in [-0.4, -0.2) is 36.0 Å². The third kappa shape index (κ3) is 5.86. The van der Waals surface area contributed by atoms with Gasteiger partial charge in [-0.05, 0) is 48.5 Å². The zero-order valence-corrected chi connectivity index (χ0v) is 17.4. The van der Waals surface area contributed by atoms with E-state index in [1.807, 2.05) is 0 Å². The van der Waals surface area contributed by atoms with E-state index in [0.717, 1.165) is 5.01 Å². The van der Waals surface area contributed by atoms with Gasteiger partial charge in [0.15, 0.2) is 0 Å². The largest absolute Gasteiger partial charge is 0.492 e. The molecule has 0 saturated heterocycles. The van der Waals surface area contributed by atoms with Gasteiger partial charge in [0.05, 0.1) is 6.54 Å². The molecule has 28 heavy (non-hydrogen) atoms. The number of carbonyl (C=O) groups excluding carboxylic acids is 1. The molecule has 146 valence electrons. The standard InChI is InChI=1S/C20H18Cl2N2O3S/c1-24(10-11-26-16-6-2-14(21)3-7-16)20(25)18-13-28-19(23-18)12-27-17-8-4-15(22)5-9-17/h2-9,13H,10-12H2,1H3. The first-order valence-electron chi connectivity index (χ1n) is 8.48. The Morgan fingerprint density at radius 3 is 2.18 bits per heavy atom. The van der Waals surface area contributed by atoms with Crippen LogP contribution in [0.3, 0.4) is 0 Å². The van der Waals surface area contributed by atoms with Gasteiger partial charge in [-0.3, -0.25) is 4.79 Å². The van der Waals surface area contributed by atoms with Crippen molar-refractivity contribution in [3.63, 3.8) is 0 Å². The number of hydrogen-bond donors (Lipinski definition) is 0. The van der Waals surface area contributed by atoms with E-state index in [0.29, 0.717) is 47.0 Å². The number of thiazole rings is 1. The van der Waals surface area contributed by atoms with Crippen molar-refractivity contribution in [2.45, 2.75) is 6.61 Å². The number of halogens is 2. The molecule has 0 aliphatic heterocycles. The van der Waals surface area contributed by atoms with E-state index >= 15 is 0 Å². The summed E-state index contributed by atoms with van der Waals surface area (Å²) in [7, 11) is 1.72. The minimum atomic E-state index is -0.159. The van der Waals surface area contributed by atoms with Crippen molar-refractivity contribution in [2.75, 3.05) is 20.2 Å². The van der Waals surface area contributed by atoms with Crippen LogP contribution in [0.4, 0.5) is 0 Å². The van der Waals surface area contributed by atoms with Gasteiger partial charge in [0.1, 0.15) is 35.4 Å². The van der Waals surface area contributed by atoms with Gasteiger partial charge in [0.2, 0.25) is 0 Å². The second-order valence-corrected chi connectivity index (χ2v) is 7.71. The van der Waals surface area contributed by atoms with Gasteiger partial charge in [-0.1, -0.05) is 23.2 Å². The molecule has 2 aromatic carbocycles. The van der Waals surface area contributed by atoms with Crippen LogP contribution in [0.5, 0.6) is 11.5 Å². The fourth-order valence-electron chi connectivity index (χ4n) is 2.28. The molecule has 0 aliphatic rings. The molecule has 1 amide bonds. The number of hydrogen-bond acceptors (Lipinski definition) is 5. The summed E-state index contributed by atoms with van der Waals surface area (Å²) in [5.41, 5.74) is 0.397. The second-order valence-electron chi connectivity index (χ2n) is 5.90. The van der Waals surface area contributed by atoms with Gasteiger partial charge in [-0.2, -0.15) is 0 Å². The number of likely N-dealkylation sites (N-methyl/N-ethyl adjacent to an activating group) is 1. The summed E-state index contributed by atoms with van der Waals surface area (Å²) in [6, 6.07) is 14.2. The van der Waals surface area contributed by atoms with E-state index in [1.165, 1.54) is 11.3 Å². The molecule has 0 radical (unpaired) electrons. The summed E-state index contributed by atoms with van der Waals surface area (Å²) in [6.07, 6.45) is 0. The van der Waals surface area contributed by atoms with E-state index in [-0.39, 0.29) is 5.91 Å². The highest BCUT2D eigenvalue weighted by Crippen LogP contribution is 2.19. The lowest BCUT2D eigenvalue weighted by Gasteiger charge is -2.16. The summed E-state index contributed by atoms with van der Waals surface area (Å²) >= 11 is 13.1. The molecule has 0 bridgehead atoms. The minimum Gasteiger partial charge on any atom is -0.492 e. The Morgan fingerprint density at radius 1 is 1.00 bits per heavy atom. The van der Waals surface area contributed by atoms with Gasteiger partial charge in [-0.25, -0.2) is 4.98 Å². The predicted molar refractivity (Wildman–Crippen MR) is 112 cm³/mol. The predicted octanol–water partition coefficient (Wildman–Crippen LogP) is 5.18. The Morgan fingerprint density at radius 2 is 1.57 bits per heavy atom. The fraction of sp³-hybridized carbons (Fsp3) is 0.200. The van der Waals surface area contributed by atoms with Crippen molar-refractivity contribution in [1.82, 2.24) is 9.88 Å². The van der Waals surface area contributed by atoms with Crippen LogP contribution in [0.1, 0.15) is 15.5 Å². The molecule has 3 rings (SSSR count). The molecule has 0 N–H and O–H groups in total. The van der Waals surface area contributed by atoms with E-state index in [4.69, 9.17) is 32.7 Å². The van der Waals surface area contributed by atoms with Crippen molar-refractivity contribution in [3.8, 4) is 11.5 Å². The number of carbonyl (C=O) groups is 1. The third-order valence-corrected chi connectivity index (χ3v) is 5.13. The molecule has 1 heterocycles. The van der Waals surface area contributed by atoms with Crippen LogP contribution in [-0.2, 0) is 6.61 Å². The minimum absolute atomic E-state index is 0.159. The molecular formula is C20H18Cl2N2O3S. The summed E-state index contributed by atoms with van der Waals surface area (Å²) in [6.45, 7) is 1.11. The molecule has 5 nitrogen and oxygen atoms in total. The molecule has 0 unspecified atom stereocenters. The summed E-state index contributed by atoms with van der Waals surface area (Å²) < 4.78 is 11.3. The molecule has 0 atom stereocenters. The van der Waals surface area contributed by atoms with E-state index in [1.54, 1.807) is 65.9 Å². The molecule has 1 aromatic heterocycles. The van der Waals surface area contributed by atoms with Gasteiger partial charge >= 0.3 is 0 Å². The number of aromatic nitrogens is 1. The topological polar surface area (TPSA) is 51.7 Å². The van der Waals surface area contributed by atoms with Crippen LogP contribution >= 0.6 is 34.5 Å². The maximum atomic E-state index is 12.5. The van der Waals surface area contributed by atoms with Gasteiger partial charge in [0, 0.05) is 22.5 Å². The number of amides is 1. The van der Waals surface area contributed by atoms with E-state index in [9.17, 15) is 4.79 Å². The quantitative estimate of drug-likeness (QED) is 0.487. The van der Waals surface area contributed by atoms with Gasteiger partial charge in [-0.15, -0.1) is 11.3 Å². The van der Waals surface area contributed by atoms with Crippen molar-refractivity contribution < 1.29 is 14.3 Å². The maximum Gasteiger partial charge on any atom is 0.273 e. The molecule has 0 spiro atoms. The highest BCUT2D eigenvalue weighted by atomic mass is 35.5. The lowest BCUT2D eigenvalue weighted by Crippen LogP contribution is -2.31. The second kappa shape index (κ2) is 9.78. The van der Waals surface area contributed by atoms with E-state index in [2.05, 4.69) is 4.98 Å². The Kier molecular flexibility index (Phi) is 7.14. The lowest BCUT2D eigenvalue weighted by molar-refractivity contribution is 0.0768. The molecular weight excluding hydrogens is 419 g/mol. The Balaban J connectivity index is 1.47. The van der Waals surface area contributed by atoms with Gasteiger partial charge < -0.3 is 14.4 Å². The SMILES string of the molecule is CN(CCOc1ccc(Cl)cc1)C(=O)c1csc(COc2ccc(Cl)cc2)n1. The molecule has 0 aliphatic carbocycles. The monoisotopic (exact) mass is 436 g/mol. The molecule has 8 heteroatoms. The Hall–Kier alpha value is -2.28. The average Bonchev–Trinajstić information content (AvgIpc) is 3.17. The zero-order valence-electron chi connectivity index (χ0n) is 15.1. The zero-order chi connectivity index (χ0) is 19.9. The first-order valence-corrected chi connectivity index (χ1v) is 10.1. The third-order valence-electron chi connectivity index (χ3n) is 3.80. The van der Waals surface area contributed by atoms with Crippen molar-refractivity contribution in [3.05, 3.63) is 74.7 Å². The highest BCUT2D eigenvalue weighted by molar-refractivity contribution is 7.09. The molecule has 0 saturated carbocycles. The lowest BCUT2D eigenvalue weighted by atomic mass is 10.3. The van der Waals surface area contributed by atoms with Crippen LogP contribution < -0.4 is 9.47 Å². The highest BCUT2D eigenvalue weighted by Gasteiger charge is 2.15. The van der Waals surface area contributed by atoms with E-state index < -0.39 is 0 Å². The van der Waals surface area contributed by atoms with Crippen LogP contribution in [0.15, 0.2) is 53.9 Å². The number of nitrogens with zero attached hydrogens (tertiary/aromatic N) is 2. The normalized spacial score (nSPS) is 10.5. The molecule has 0 fully saturated rings. The Labute approximate surface area is 177 Å². The summed E-state index contributed by atoms with van der Waals surface area (Å²) in [5.74, 6) is 1.25.